The number of nitrogens with one attached hydrogen (secondary N) is 1. The van der Waals surface area contributed by atoms with E-state index < -0.39 is 0 Å². The Morgan fingerprint density at radius 3 is 2.32 bits per heavy atom. The standard InChI is InChI=1S/C22H24Cl2N2O2/c1-14-3-5-16(6-4-14)21(27)17-9-11-26(12-10-17)15(2)22(28)25-20-8-7-18(23)13-19(20)24/h3-8,13,15,17H,9-12H2,1-2H3,(H,25,28). The Bertz CT molecular complexity index is 859. The van der Waals surface area contributed by atoms with Gasteiger partial charge < -0.3 is 5.32 Å². The molecule has 0 saturated carbocycles. The number of Topliss-reactive ketones (excluding diaryl/α,β-unsaturated/α-hetero) is 1. The van der Waals surface area contributed by atoms with E-state index in [1.165, 1.54) is 0 Å². The third-order valence-corrected chi connectivity index (χ3v) is 5.90. The van der Waals surface area contributed by atoms with Crippen molar-refractivity contribution in [3.63, 3.8) is 0 Å². The zero-order chi connectivity index (χ0) is 20.3. The van der Waals surface area contributed by atoms with E-state index in [1.54, 1.807) is 18.2 Å². The van der Waals surface area contributed by atoms with Crippen molar-refractivity contribution in [2.45, 2.75) is 32.7 Å². The highest BCUT2D eigenvalue weighted by Crippen LogP contribution is 2.27. The molecule has 0 spiro atoms. The molecule has 2 aromatic rings. The summed E-state index contributed by atoms with van der Waals surface area (Å²) in [6.07, 6.45) is 1.51. The highest BCUT2D eigenvalue weighted by molar-refractivity contribution is 6.36. The number of amides is 1. The molecular weight excluding hydrogens is 395 g/mol. The van der Waals surface area contributed by atoms with Crippen molar-refractivity contribution in [3.05, 3.63) is 63.6 Å². The second-order valence-corrected chi connectivity index (χ2v) is 8.17. The van der Waals surface area contributed by atoms with E-state index >= 15 is 0 Å². The number of hydrogen-bond donors (Lipinski definition) is 1. The summed E-state index contributed by atoms with van der Waals surface area (Å²) in [6.45, 7) is 5.31. The first-order valence-corrected chi connectivity index (χ1v) is 10.2. The predicted octanol–water partition coefficient (Wildman–Crippen LogP) is 5.22. The average molecular weight is 419 g/mol. The lowest BCUT2D eigenvalue weighted by Gasteiger charge is -2.34. The van der Waals surface area contributed by atoms with Crippen molar-refractivity contribution in [1.82, 2.24) is 4.90 Å². The summed E-state index contributed by atoms with van der Waals surface area (Å²) in [5.41, 5.74) is 2.46. The van der Waals surface area contributed by atoms with Crippen LogP contribution in [0.25, 0.3) is 0 Å². The van der Waals surface area contributed by atoms with Crippen LogP contribution in [0.2, 0.25) is 10.0 Å². The molecule has 1 unspecified atom stereocenters. The summed E-state index contributed by atoms with van der Waals surface area (Å²) >= 11 is 12.0. The normalized spacial score (nSPS) is 16.6. The van der Waals surface area contributed by atoms with Gasteiger partial charge in [0, 0.05) is 16.5 Å². The van der Waals surface area contributed by atoms with E-state index in [0.29, 0.717) is 28.8 Å². The van der Waals surface area contributed by atoms with E-state index in [4.69, 9.17) is 23.2 Å². The van der Waals surface area contributed by atoms with E-state index in [1.807, 2.05) is 38.1 Å². The van der Waals surface area contributed by atoms with Crippen LogP contribution in [0.5, 0.6) is 0 Å². The minimum Gasteiger partial charge on any atom is -0.323 e. The van der Waals surface area contributed by atoms with Gasteiger partial charge in [0.15, 0.2) is 5.78 Å². The van der Waals surface area contributed by atoms with Crippen molar-refractivity contribution >= 4 is 40.6 Å². The molecule has 6 heteroatoms. The molecule has 148 valence electrons. The largest absolute Gasteiger partial charge is 0.323 e. The average Bonchev–Trinajstić information content (AvgIpc) is 2.69. The molecule has 1 aliphatic heterocycles. The summed E-state index contributed by atoms with van der Waals surface area (Å²) in [4.78, 5) is 27.4. The van der Waals surface area contributed by atoms with Crippen LogP contribution in [-0.4, -0.2) is 35.7 Å². The Kier molecular flexibility index (Phi) is 6.76. The van der Waals surface area contributed by atoms with E-state index in [0.717, 1.165) is 24.0 Å². The lowest BCUT2D eigenvalue weighted by Crippen LogP contribution is -2.47. The molecule has 1 heterocycles. The number of likely N-dealkylation sites (tertiary alicyclic amines) is 1. The number of carbonyl (C=O) groups is 2. The van der Waals surface area contributed by atoms with Crippen LogP contribution < -0.4 is 5.32 Å². The predicted molar refractivity (Wildman–Crippen MR) is 114 cm³/mol. The summed E-state index contributed by atoms with van der Waals surface area (Å²) in [7, 11) is 0. The molecule has 1 saturated heterocycles. The number of nitrogens with zero attached hydrogens (tertiary/aromatic N) is 1. The van der Waals surface area contributed by atoms with Crippen LogP contribution in [0.4, 0.5) is 5.69 Å². The lowest BCUT2D eigenvalue weighted by molar-refractivity contribution is -0.121. The number of benzene rings is 2. The summed E-state index contributed by atoms with van der Waals surface area (Å²) in [6, 6.07) is 12.4. The Balaban J connectivity index is 1.55. The smallest absolute Gasteiger partial charge is 0.241 e. The fourth-order valence-electron chi connectivity index (χ4n) is 3.50. The Morgan fingerprint density at radius 2 is 1.71 bits per heavy atom. The van der Waals surface area contributed by atoms with Gasteiger partial charge in [-0.25, -0.2) is 0 Å². The molecule has 0 radical (unpaired) electrons. The molecule has 0 aromatic heterocycles. The van der Waals surface area contributed by atoms with Crippen molar-refractivity contribution in [3.8, 4) is 0 Å². The van der Waals surface area contributed by atoms with Gasteiger partial charge in [0.2, 0.25) is 5.91 Å². The number of hydrogen-bond acceptors (Lipinski definition) is 3. The highest BCUT2D eigenvalue weighted by atomic mass is 35.5. The van der Waals surface area contributed by atoms with Crippen LogP contribution in [0, 0.1) is 12.8 Å². The van der Waals surface area contributed by atoms with Gasteiger partial charge in [0.25, 0.3) is 0 Å². The topological polar surface area (TPSA) is 49.4 Å². The molecule has 1 N–H and O–H groups in total. The number of ketones is 1. The molecule has 0 aliphatic carbocycles. The molecular formula is C22H24Cl2N2O2. The van der Waals surface area contributed by atoms with Crippen LogP contribution >= 0.6 is 23.2 Å². The first kappa shape index (κ1) is 20.8. The van der Waals surface area contributed by atoms with Gasteiger partial charge in [-0.2, -0.15) is 0 Å². The summed E-state index contributed by atoms with van der Waals surface area (Å²) in [5, 5.41) is 3.80. The zero-order valence-electron chi connectivity index (χ0n) is 16.0. The SMILES string of the molecule is Cc1ccc(C(=O)C2CCN(C(C)C(=O)Nc3ccc(Cl)cc3Cl)CC2)cc1. The third-order valence-electron chi connectivity index (χ3n) is 5.35. The molecule has 28 heavy (non-hydrogen) atoms. The maximum atomic E-state index is 12.7. The Morgan fingerprint density at radius 1 is 1.07 bits per heavy atom. The lowest BCUT2D eigenvalue weighted by atomic mass is 9.88. The fourth-order valence-corrected chi connectivity index (χ4v) is 3.95. The third kappa shape index (κ3) is 4.93. The van der Waals surface area contributed by atoms with Gasteiger partial charge in [-0.15, -0.1) is 0 Å². The molecule has 4 nitrogen and oxygen atoms in total. The van der Waals surface area contributed by atoms with Crippen LogP contribution in [0.1, 0.15) is 35.7 Å². The number of carbonyl (C=O) groups excluding carboxylic acids is 2. The zero-order valence-corrected chi connectivity index (χ0v) is 17.6. The van der Waals surface area contributed by atoms with Crippen molar-refractivity contribution in [2.75, 3.05) is 18.4 Å². The quantitative estimate of drug-likeness (QED) is 0.676. The molecule has 1 fully saturated rings. The van der Waals surface area contributed by atoms with Crippen LogP contribution in [0.3, 0.4) is 0 Å². The van der Waals surface area contributed by atoms with Gasteiger partial charge >= 0.3 is 0 Å². The van der Waals surface area contributed by atoms with E-state index in [2.05, 4.69) is 10.2 Å². The van der Waals surface area contributed by atoms with Crippen molar-refractivity contribution in [2.24, 2.45) is 5.92 Å². The number of halogens is 2. The monoisotopic (exact) mass is 418 g/mol. The van der Waals surface area contributed by atoms with Gasteiger partial charge in [-0.1, -0.05) is 53.0 Å². The fraction of sp³-hybridized carbons (Fsp3) is 0.364. The van der Waals surface area contributed by atoms with Crippen molar-refractivity contribution < 1.29 is 9.59 Å². The van der Waals surface area contributed by atoms with E-state index in [-0.39, 0.29) is 23.7 Å². The molecule has 0 bridgehead atoms. The van der Waals surface area contributed by atoms with Gasteiger partial charge in [0.05, 0.1) is 16.8 Å². The van der Waals surface area contributed by atoms with Crippen molar-refractivity contribution in [1.29, 1.82) is 0 Å². The Labute approximate surface area is 175 Å². The first-order chi connectivity index (χ1) is 13.3. The molecule has 1 aliphatic rings. The van der Waals surface area contributed by atoms with Crippen LogP contribution in [-0.2, 0) is 4.79 Å². The highest BCUT2D eigenvalue weighted by Gasteiger charge is 2.30. The maximum absolute atomic E-state index is 12.7. The second-order valence-electron chi connectivity index (χ2n) is 7.33. The van der Waals surface area contributed by atoms with Gasteiger partial charge in [-0.05, 0) is 58.0 Å². The maximum Gasteiger partial charge on any atom is 0.241 e. The number of anilines is 1. The molecule has 1 atom stereocenters. The van der Waals surface area contributed by atoms with Gasteiger partial charge in [-0.3, -0.25) is 14.5 Å². The number of rotatable bonds is 5. The Hall–Kier alpha value is -1.88. The van der Waals surface area contributed by atoms with Gasteiger partial charge in [0.1, 0.15) is 0 Å². The summed E-state index contributed by atoms with van der Waals surface area (Å²) < 4.78 is 0. The second kappa shape index (κ2) is 9.08. The number of piperidine rings is 1. The number of aryl methyl sites for hydroxylation is 1. The van der Waals surface area contributed by atoms with Crippen LogP contribution in [0.15, 0.2) is 42.5 Å². The summed E-state index contributed by atoms with van der Waals surface area (Å²) in [5.74, 6) is 0.0946. The minimum atomic E-state index is -0.304. The molecule has 3 rings (SSSR count). The molecule has 2 aromatic carbocycles. The minimum absolute atomic E-state index is 0.0138. The first-order valence-electron chi connectivity index (χ1n) is 9.46. The van der Waals surface area contributed by atoms with E-state index in [9.17, 15) is 9.59 Å². The molecule has 1 amide bonds.